The van der Waals surface area contributed by atoms with Crippen LogP contribution >= 0.6 is 7.60 Å². The molecule has 0 bridgehead atoms. The Labute approximate surface area is 105 Å². The van der Waals surface area contributed by atoms with Crippen molar-refractivity contribution in [1.82, 2.24) is 0 Å². The van der Waals surface area contributed by atoms with Gasteiger partial charge in [-0.2, -0.15) is 0 Å². The first-order chi connectivity index (χ1) is 8.01. The van der Waals surface area contributed by atoms with Crippen LogP contribution in [0.15, 0.2) is 0 Å². The van der Waals surface area contributed by atoms with E-state index in [1.54, 1.807) is 20.8 Å². The smallest absolute Gasteiger partial charge is 0.308 e. The zero-order valence-electron chi connectivity index (χ0n) is 11.4. The largest absolute Gasteiger partial charge is 0.340 e. The van der Waals surface area contributed by atoms with E-state index in [2.05, 4.69) is 6.92 Å². The third-order valence-electron chi connectivity index (χ3n) is 2.59. The van der Waals surface area contributed by atoms with E-state index in [4.69, 9.17) is 9.05 Å². The van der Waals surface area contributed by atoms with E-state index in [0.717, 1.165) is 19.3 Å². The lowest BCUT2D eigenvalue weighted by atomic mass is 10.1. The summed E-state index contributed by atoms with van der Waals surface area (Å²) in [6, 6.07) is 0. The van der Waals surface area contributed by atoms with E-state index in [1.807, 2.05) is 0 Å². The van der Waals surface area contributed by atoms with Gasteiger partial charge in [0.25, 0.3) is 0 Å². The summed E-state index contributed by atoms with van der Waals surface area (Å²) in [6.07, 6.45) is 3.39. The second-order valence-corrected chi connectivity index (χ2v) is 6.35. The van der Waals surface area contributed by atoms with Crippen molar-refractivity contribution < 1.29 is 18.4 Å². The number of Topliss-reactive ketones (excluding diaryl/α,β-unsaturated/α-hetero) is 1. The van der Waals surface area contributed by atoms with Crippen LogP contribution in [0.5, 0.6) is 0 Å². The second-order valence-electron chi connectivity index (χ2n) is 3.97. The molecule has 0 N–H and O–H groups in total. The SMILES string of the molecule is CCCCCC(=O)C(C)P(=O)(OCC)OCC. The number of carbonyl (C=O) groups excluding carboxylic acids is 1. The minimum absolute atomic E-state index is 0.0244. The Morgan fingerprint density at radius 2 is 1.65 bits per heavy atom. The van der Waals surface area contributed by atoms with Crippen molar-refractivity contribution in [3.63, 3.8) is 0 Å². The molecule has 0 aliphatic carbocycles. The fraction of sp³-hybridized carbons (Fsp3) is 0.917. The number of carbonyl (C=O) groups is 1. The first kappa shape index (κ1) is 16.8. The zero-order chi connectivity index (χ0) is 13.3. The van der Waals surface area contributed by atoms with Gasteiger partial charge in [-0.05, 0) is 27.2 Å². The molecule has 0 radical (unpaired) electrons. The molecule has 0 heterocycles. The summed E-state index contributed by atoms with van der Waals surface area (Å²) >= 11 is 0. The van der Waals surface area contributed by atoms with Gasteiger partial charge in [-0.25, -0.2) is 0 Å². The number of ketones is 1. The molecule has 17 heavy (non-hydrogen) atoms. The van der Waals surface area contributed by atoms with Crippen molar-refractivity contribution in [3.8, 4) is 0 Å². The van der Waals surface area contributed by atoms with E-state index in [9.17, 15) is 9.36 Å². The Kier molecular flexibility index (Phi) is 8.75. The number of hydrogen-bond donors (Lipinski definition) is 0. The lowest BCUT2D eigenvalue weighted by molar-refractivity contribution is -0.118. The van der Waals surface area contributed by atoms with Crippen molar-refractivity contribution in [3.05, 3.63) is 0 Å². The van der Waals surface area contributed by atoms with Crippen LogP contribution in [-0.4, -0.2) is 24.7 Å². The van der Waals surface area contributed by atoms with E-state index in [1.165, 1.54) is 0 Å². The van der Waals surface area contributed by atoms with Crippen LogP contribution in [0.1, 0.15) is 53.4 Å². The highest BCUT2D eigenvalue weighted by atomic mass is 31.2. The molecular formula is C12H25O4P. The number of unbranched alkanes of at least 4 members (excludes halogenated alkanes) is 2. The topological polar surface area (TPSA) is 52.6 Å². The molecule has 4 nitrogen and oxygen atoms in total. The summed E-state index contributed by atoms with van der Waals surface area (Å²) in [6.45, 7) is 7.81. The van der Waals surface area contributed by atoms with Crippen LogP contribution in [0.3, 0.4) is 0 Å². The van der Waals surface area contributed by atoms with Crippen molar-refractivity contribution in [2.24, 2.45) is 0 Å². The standard InChI is InChI=1S/C12H25O4P/c1-5-8-9-10-12(13)11(4)17(14,15-6-2)16-7-3/h11H,5-10H2,1-4H3. The molecule has 0 aliphatic heterocycles. The Hall–Kier alpha value is -0.180. The van der Waals surface area contributed by atoms with Crippen LogP contribution in [0.4, 0.5) is 0 Å². The monoisotopic (exact) mass is 264 g/mol. The maximum absolute atomic E-state index is 12.3. The molecule has 0 rings (SSSR count). The molecule has 0 amide bonds. The van der Waals surface area contributed by atoms with E-state index in [0.29, 0.717) is 19.6 Å². The molecule has 0 saturated heterocycles. The summed E-state index contributed by atoms with van der Waals surface area (Å²) in [5.74, 6) is -0.0244. The first-order valence-corrected chi connectivity index (χ1v) is 8.04. The summed E-state index contributed by atoms with van der Waals surface area (Å²) in [5, 5.41) is 0. The fourth-order valence-electron chi connectivity index (χ4n) is 1.56. The molecule has 0 spiro atoms. The average Bonchev–Trinajstić information content (AvgIpc) is 2.29. The highest BCUT2D eigenvalue weighted by molar-refractivity contribution is 7.55. The summed E-state index contributed by atoms with van der Waals surface area (Å²) in [4.78, 5) is 11.9. The van der Waals surface area contributed by atoms with Gasteiger partial charge in [0.1, 0.15) is 11.4 Å². The fourth-order valence-corrected chi connectivity index (χ4v) is 3.28. The van der Waals surface area contributed by atoms with Gasteiger partial charge in [-0.1, -0.05) is 19.8 Å². The summed E-state index contributed by atoms with van der Waals surface area (Å²) in [7, 11) is -3.26. The molecular weight excluding hydrogens is 239 g/mol. The number of hydrogen-bond acceptors (Lipinski definition) is 4. The predicted molar refractivity (Wildman–Crippen MR) is 69.5 cm³/mol. The highest BCUT2D eigenvalue weighted by Crippen LogP contribution is 2.53. The Morgan fingerprint density at radius 1 is 1.12 bits per heavy atom. The molecule has 0 aromatic rings. The van der Waals surface area contributed by atoms with Gasteiger partial charge in [-0.15, -0.1) is 0 Å². The van der Waals surface area contributed by atoms with E-state index < -0.39 is 13.3 Å². The molecule has 1 atom stereocenters. The Bertz CT molecular complexity index is 255. The van der Waals surface area contributed by atoms with Crippen molar-refractivity contribution in [2.75, 3.05) is 13.2 Å². The molecule has 0 aromatic carbocycles. The molecule has 0 saturated carbocycles. The van der Waals surface area contributed by atoms with Gasteiger partial charge in [0.05, 0.1) is 13.2 Å². The van der Waals surface area contributed by atoms with E-state index >= 15 is 0 Å². The van der Waals surface area contributed by atoms with E-state index in [-0.39, 0.29) is 5.78 Å². The zero-order valence-corrected chi connectivity index (χ0v) is 12.3. The summed E-state index contributed by atoms with van der Waals surface area (Å²) < 4.78 is 22.7. The lowest BCUT2D eigenvalue weighted by Gasteiger charge is -2.22. The first-order valence-electron chi connectivity index (χ1n) is 6.43. The average molecular weight is 264 g/mol. The van der Waals surface area contributed by atoms with Crippen LogP contribution < -0.4 is 0 Å². The second kappa shape index (κ2) is 8.84. The molecule has 0 aliphatic rings. The Morgan fingerprint density at radius 3 is 2.06 bits per heavy atom. The molecule has 102 valence electrons. The maximum Gasteiger partial charge on any atom is 0.340 e. The van der Waals surface area contributed by atoms with Crippen molar-refractivity contribution in [2.45, 2.75) is 59.0 Å². The number of rotatable bonds is 10. The Balaban J connectivity index is 4.44. The third kappa shape index (κ3) is 5.80. The maximum atomic E-state index is 12.3. The third-order valence-corrected chi connectivity index (χ3v) is 5.06. The minimum atomic E-state index is -3.26. The molecule has 1 unspecified atom stereocenters. The predicted octanol–water partition coefficient (Wildman–Crippen LogP) is 3.79. The molecule has 0 fully saturated rings. The van der Waals surface area contributed by atoms with Gasteiger partial charge < -0.3 is 9.05 Å². The van der Waals surface area contributed by atoms with Gasteiger partial charge in [0, 0.05) is 6.42 Å². The quantitative estimate of drug-likeness (QED) is 0.445. The minimum Gasteiger partial charge on any atom is -0.308 e. The molecule has 0 aromatic heterocycles. The van der Waals surface area contributed by atoms with Crippen LogP contribution in [0.25, 0.3) is 0 Å². The van der Waals surface area contributed by atoms with Crippen molar-refractivity contribution >= 4 is 13.4 Å². The van der Waals surface area contributed by atoms with Gasteiger partial charge in [0.15, 0.2) is 0 Å². The van der Waals surface area contributed by atoms with Crippen LogP contribution in [0, 0.1) is 0 Å². The van der Waals surface area contributed by atoms with Gasteiger partial charge in [0.2, 0.25) is 0 Å². The van der Waals surface area contributed by atoms with Crippen LogP contribution in [-0.2, 0) is 18.4 Å². The highest BCUT2D eigenvalue weighted by Gasteiger charge is 2.36. The normalized spacial score (nSPS) is 13.6. The lowest BCUT2D eigenvalue weighted by Crippen LogP contribution is -2.20. The molecule has 5 heteroatoms. The summed E-state index contributed by atoms with van der Waals surface area (Å²) in [5.41, 5.74) is -0.653. The van der Waals surface area contributed by atoms with Crippen molar-refractivity contribution in [1.29, 1.82) is 0 Å². The van der Waals surface area contributed by atoms with Crippen LogP contribution in [0.2, 0.25) is 0 Å². The van der Waals surface area contributed by atoms with Gasteiger partial charge in [-0.3, -0.25) is 9.36 Å². The van der Waals surface area contributed by atoms with Gasteiger partial charge >= 0.3 is 7.60 Å².